The zero-order valence-corrected chi connectivity index (χ0v) is 10.8. The van der Waals surface area contributed by atoms with Gasteiger partial charge in [-0.15, -0.1) is 11.3 Å². The van der Waals surface area contributed by atoms with Gasteiger partial charge in [0.1, 0.15) is 0 Å². The van der Waals surface area contributed by atoms with Crippen LogP contribution in [0.4, 0.5) is 0 Å². The van der Waals surface area contributed by atoms with Crippen LogP contribution in [0.5, 0.6) is 0 Å². The van der Waals surface area contributed by atoms with E-state index in [1.165, 1.54) is 11.3 Å². The lowest BCUT2D eigenvalue weighted by molar-refractivity contribution is 0.0867. The van der Waals surface area contributed by atoms with Crippen LogP contribution in [0.3, 0.4) is 0 Å². The molecule has 1 aliphatic heterocycles. The lowest BCUT2D eigenvalue weighted by atomic mass is 9.99. The molecule has 0 amide bonds. The molecule has 1 aliphatic rings. The van der Waals surface area contributed by atoms with E-state index in [0.717, 1.165) is 19.6 Å². The minimum Gasteiger partial charge on any atom is -0.378 e. The summed E-state index contributed by atoms with van der Waals surface area (Å²) in [5.41, 5.74) is 1.89. The van der Waals surface area contributed by atoms with Gasteiger partial charge in [-0.2, -0.15) is 0 Å². The molecule has 3 atom stereocenters. The van der Waals surface area contributed by atoms with Crippen molar-refractivity contribution in [1.82, 2.24) is 10.3 Å². The Morgan fingerprint density at radius 3 is 3.25 bits per heavy atom. The van der Waals surface area contributed by atoms with E-state index >= 15 is 0 Å². The zero-order chi connectivity index (χ0) is 11.4. The number of aromatic nitrogens is 1. The van der Waals surface area contributed by atoms with Crippen molar-refractivity contribution in [3.05, 3.63) is 16.6 Å². The van der Waals surface area contributed by atoms with E-state index in [2.05, 4.69) is 24.1 Å². The van der Waals surface area contributed by atoms with E-state index < -0.39 is 0 Å². The highest BCUT2D eigenvalue weighted by atomic mass is 32.1. The molecule has 90 valence electrons. The molecule has 0 radical (unpaired) electrons. The molecule has 4 heteroatoms. The van der Waals surface area contributed by atoms with E-state index in [4.69, 9.17) is 4.74 Å². The average Bonchev–Trinajstić information content (AvgIpc) is 2.96. The summed E-state index contributed by atoms with van der Waals surface area (Å²) in [4.78, 5) is 5.42. The van der Waals surface area contributed by atoms with Gasteiger partial charge in [0.2, 0.25) is 0 Å². The molecule has 3 nitrogen and oxygen atoms in total. The van der Waals surface area contributed by atoms with Gasteiger partial charge >= 0.3 is 0 Å². The van der Waals surface area contributed by atoms with Gasteiger partial charge in [0.05, 0.1) is 11.6 Å². The maximum Gasteiger partial charge on any atom is 0.0794 e. The zero-order valence-electron chi connectivity index (χ0n) is 9.98. The van der Waals surface area contributed by atoms with Crippen LogP contribution in [0.15, 0.2) is 11.7 Å². The predicted octanol–water partition coefficient (Wildman–Crippen LogP) is 2.61. The fourth-order valence-corrected chi connectivity index (χ4v) is 2.90. The summed E-state index contributed by atoms with van der Waals surface area (Å²) >= 11 is 1.72. The molecular formula is C12H20N2OS. The van der Waals surface area contributed by atoms with Gasteiger partial charge in [-0.25, -0.2) is 0 Å². The minimum absolute atomic E-state index is 0.408. The van der Waals surface area contributed by atoms with Crippen molar-refractivity contribution < 1.29 is 4.74 Å². The lowest BCUT2D eigenvalue weighted by Gasteiger charge is -2.19. The third-order valence-electron chi connectivity index (χ3n) is 3.31. The molecule has 1 fully saturated rings. The highest BCUT2D eigenvalue weighted by Crippen LogP contribution is 2.24. The van der Waals surface area contributed by atoms with Crippen molar-refractivity contribution in [3.63, 3.8) is 0 Å². The number of ether oxygens (including phenoxy) is 1. The van der Waals surface area contributed by atoms with Gasteiger partial charge < -0.3 is 10.1 Å². The summed E-state index contributed by atoms with van der Waals surface area (Å²) in [6.45, 7) is 6.39. The average molecular weight is 240 g/mol. The molecule has 0 spiro atoms. The molecule has 1 N–H and O–H groups in total. The Kier molecular flexibility index (Phi) is 4.32. The van der Waals surface area contributed by atoms with Crippen LogP contribution >= 0.6 is 11.3 Å². The quantitative estimate of drug-likeness (QED) is 0.859. The van der Waals surface area contributed by atoms with Crippen LogP contribution < -0.4 is 5.32 Å². The predicted molar refractivity (Wildman–Crippen MR) is 66.7 cm³/mol. The summed E-state index contributed by atoms with van der Waals surface area (Å²) in [6.07, 6.45) is 4.73. The lowest BCUT2D eigenvalue weighted by Crippen LogP contribution is -2.29. The van der Waals surface area contributed by atoms with Gasteiger partial charge in [-0.05, 0) is 25.7 Å². The van der Waals surface area contributed by atoms with Gasteiger partial charge in [0, 0.05) is 30.3 Å². The first-order valence-electron chi connectivity index (χ1n) is 6.04. The number of hydrogen-bond donors (Lipinski definition) is 1. The summed E-state index contributed by atoms with van der Waals surface area (Å²) < 4.78 is 5.69. The summed E-state index contributed by atoms with van der Waals surface area (Å²) in [7, 11) is 0. The number of rotatable bonds is 5. The van der Waals surface area contributed by atoms with Gasteiger partial charge in [0.25, 0.3) is 0 Å². The molecule has 1 aromatic heterocycles. The molecule has 0 saturated carbocycles. The van der Waals surface area contributed by atoms with Crippen LogP contribution in [-0.2, 0) is 4.74 Å². The molecule has 0 aliphatic carbocycles. The molecule has 2 rings (SSSR count). The van der Waals surface area contributed by atoms with Crippen LogP contribution in [0, 0.1) is 5.92 Å². The minimum atomic E-state index is 0.408. The Morgan fingerprint density at radius 1 is 1.69 bits per heavy atom. The number of hydrogen-bond acceptors (Lipinski definition) is 4. The van der Waals surface area contributed by atoms with E-state index in [-0.39, 0.29) is 0 Å². The third-order valence-corrected chi connectivity index (χ3v) is 4.27. The SMILES string of the molecule is CCC1OCCC1CNC(C)c1cncs1. The molecule has 0 bridgehead atoms. The summed E-state index contributed by atoms with van der Waals surface area (Å²) in [5.74, 6) is 0.681. The molecule has 3 unspecified atom stereocenters. The maximum absolute atomic E-state index is 5.69. The molecule has 1 saturated heterocycles. The summed E-state index contributed by atoms with van der Waals surface area (Å²) in [5, 5.41) is 3.58. The topological polar surface area (TPSA) is 34.1 Å². The van der Waals surface area contributed by atoms with Crippen molar-refractivity contribution in [2.45, 2.75) is 38.8 Å². The first-order valence-corrected chi connectivity index (χ1v) is 6.92. The number of thiazole rings is 1. The molecule has 2 heterocycles. The third kappa shape index (κ3) is 2.81. The van der Waals surface area contributed by atoms with Crippen molar-refractivity contribution in [2.75, 3.05) is 13.2 Å². The standard InChI is InChI=1S/C12H20N2OS/c1-3-11-10(4-5-15-11)6-14-9(2)12-7-13-8-16-12/h7-11,14H,3-6H2,1-2H3. The van der Waals surface area contributed by atoms with Crippen LogP contribution in [-0.4, -0.2) is 24.2 Å². The van der Waals surface area contributed by atoms with Crippen LogP contribution in [0.1, 0.15) is 37.6 Å². The largest absolute Gasteiger partial charge is 0.378 e. The van der Waals surface area contributed by atoms with Gasteiger partial charge in [-0.1, -0.05) is 6.92 Å². The first kappa shape index (κ1) is 12.0. The second-order valence-electron chi connectivity index (χ2n) is 4.40. The van der Waals surface area contributed by atoms with Crippen molar-refractivity contribution in [2.24, 2.45) is 5.92 Å². The Labute approximate surface area is 101 Å². The monoisotopic (exact) mass is 240 g/mol. The molecule has 16 heavy (non-hydrogen) atoms. The maximum atomic E-state index is 5.69. The fraction of sp³-hybridized carbons (Fsp3) is 0.750. The Hall–Kier alpha value is -0.450. The molecule has 0 aromatic carbocycles. The van der Waals surface area contributed by atoms with Crippen LogP contribution in [0.25, 0.3) is 0 Å². The van der Waals surface area contributed by atoms with E-state index in [1.807, 2.05) is 11.7 Å². The fourth-order valence-electron chi connectivity index (χ4n) is 2.25. The van der Waals surface area contributed by atoms with Gasteiger partial charge in [0.15, 0.2) is 0 Å². The van der Waals surface area contributed by atoms with E-state index in [1.54, 1.807) is 11.3 Å². The van der Waals surface area contributed by atoms with E-state index in [9.17, 15) is 0 Å². The van der Waals surface area contributed by atoms with Gasteiger partial charge in [-0.3, -0.25) is 4.98 Å². The molecular weight excluding hydrogens is 220 g/mol. The smallest absolute Gasteiger partial charge is 0.0794 e. The second kappa shape index (κ2) is 5.75. The second-order valence-corrected chi connectivity index (χ2v) is 5.32. The summed E-state index contributed by atoms with van der Waals surface area (Å²) in [6, 6.07) is 0.408. The highest BCUT2D eigenvalue weighted by molar-refractivity contribution is 7.09. The Balaban J connectivity index is 1.78. The van der Waals surface area contributed by atoms with Crippen LogP contribution in [0.2, 0.25) is 0 Å². The number of nitrogens with one attached hydrogen (secondary N) is 1. The first-order chi connectivity index (χ1) is 7.81. The Bertz CT molecular complexity index is 302. The van der Waals surface area contributed by atoms with E-state index in [0.29, 0.717) is 18.1 Å². The van der Waals surface area contributed by atoms with Crippen molar-refractivity contribution in [3.8, 4) is 0 Å². The van der Waals surface area contributed by atoms with Crippen molar-refractivity contribution in [1.29, 1.82) is 0 Å². The normalized spacial score (nSPS) is 27.1. The molecule has 1 aromatic rings. The van der Waals surface area contributed by atoms with Crippen molar-refractivity contribution >= 4 is 11.3 Å². The number of nitrogens with zero attached hydrogens (tertiary/aromatic N) is 1. The Morgan fingerprint density at radius 2 is 2.56 bits per heavy atom. The highest BCUT2D eigenvalue weighted by Gasteiger charge is 2.26.